The molecule has 0 saturated carbocycles. The molecular weight excluding hydrogens is 318 g/mol. The van der Waals surface area contributed by atoms with Crippen LogP contribution in [0.15, 0.2) is 54.7 Å². The van der Waals surface area contributed by atoms with Crippen molar-refractivity contribution in [1.82, 2.24) is 10.3 Å². The molecule has 0 fully saturated rings. The van der Waals surface area contributed by atoms with Crippen LogP contribution in [0.3, 0.4) is 0 Å². The molecule has 6 nitrogen and oxygen atoms in total. The fourth-order valence-electron chi connectivity index (χ4n) is 2.56. The molecule has 0 aliphatic heterocycles. The topological polar surface area (TPSA) is 97.2 Å². The molecule has 0 aliphatic rings. The van der Waals surface area contributed by atoms with E-state index in [1.807, 2.05) is 30.5 Å². The van der Waals surface area contributed by atoms with Gasteiger partial charge in [0.25, 0.3) is 5.91 Å². The van der Waals surface area contributed by atoms with Crippen LogP contribution in [0.25, 0.3) is 10.9 Å². The lowest BCUT2D eigenvalue weighted by atomic mass is 10.1. The van der Waals surface area contributed by atoms with Crippen molar-refractivity contribution in [2.75, 3.05) is 18.9 Å². The maximum atomic E-state index is 11.8. The van der Waals surface area contributed by atoms with Crippen molar-refractivity contribution in [1.29, 1.82) is 0 Å². The molecule has 3 rings (SSSR count). The second-order valence-corrected chi connectivity index (χ2v) is 5.66. The third kappa shape index (κ3) is 4.17. The summed E-state index contributed by atoms with van der Waals surface area (Å²) in [5, 5.41) is 3.90. The van der Waals surface area contributed by atoms with E-state index < -0.39 is 5.97 Å². The third-order valence-corrected chi connectivity index (χ3v) is 3.87. The van der Waals surface area contributed by atoms with Gasteiger partial charge < -0.3 is 20.8 Å². The first-order chi connectivity index (χ1) is 12.1. The largest absolute Gasteiger partial charge is 0.452 e. The van der Waals surface area contributed by atoms with Crippen LogP contribution >= 0.6 is 0 Å². The Bertz CT molecular complexity index is 884. The van der Waals surface area contributed by atoms with E-state index >= 15 is 0 Å². The number of nitrogens with one attached hydrogen (secondary N) is 2. The third-order valence-electron chi connectivity index (χ3n) is 3.87. The van der Waals surface area contributed by atoms with Crippen LogP contribution in [0.4, 0.5) is 5.69 Å². The Hall–Kier alpha value is -3.28. The first kappa shape index (κ1) is 16.6. The Balaban J connectivity index is 1.44. The van der Waals surface area contributed by atoms with Crippen LogP contribution in [0.1, 0.15) is 15.9 Å². The molecule has 25 heavy (non-hydrogen) atoms. The number of carbonyl (C=O) groups excluding carboxylic acids is 2. The maximum Gasteiger partial charge on any atom is 0.338 e. The average Bonchev–Trinajstić information content (AvgIpc) is 3.04. The van der Waals surface area contributed by atoms with Crippen LogP contribution in [0.2, 0.25) is 0 Å². The molecular formula is C19H19N3O3. The molecule has 4 N–H and O–H groups in total. The normalized spacial score (nSPS) is 10.6. The Morgan fingerprint density at radius 2 is 1.84 bits per heavy atom. The predicted molar refractivity (Wildman–Crippen MR) is 96.1 cm³/mol. The fraction of sp³-hybridized carbons (Fsp3) is 0.158. The van der Waals surface area contributed by atoms with Gasteiger partial charge in [0.15, 0.2) is 6.61 Å². The summed E-state index contributed by atoms with van der Waals surface area (Å²) in [6.45, 7) is 0.164. The lowest BCUT2D eigenvalue weighted by Crippen LogP contribution is -2.30. The fourth-order valence-corrected chi connectivity index (χ4v) is 2.56. The number of esters is 1. The summed E-state index contributed by atoms with van der Waals surface area (Å²) in [4.78, 5) is 26.8. The highest BCUT2D eigenvalue weighted by Gasteiger charge is 2.10. The molecule has 0 radical (unpaired) electrons. The minimum Gasteiger partial charge on any atom is -0.452 e. The van der Waals surface area contributed by atoms with Crippen molar-refractivity contribution in [2.45, 2.75) is 6.42 Å². The number of H-pyrrole nitrogens is 1. The van der Waals surface area contributed by atoms with E-state index in [1.165, 1.54) is 0 Å². The molecule has 128 valence electrons. The van der Waals surface area contributed by atoms with Crippen LogP contribution in [-0.4, -0.2) is 30.0 Å². The molecule has 0 spiro atoms. The highest BCUT2D eigenvalue weighted by atomic mass is 16.5. The molecule has 0 unspecified atom stereocenters. The number of rotatable bonds is 6. The van der Waals surface area contributed by atoms with Crippen LogP contribution in [-0.2, 0) is 16.0 Å². The van der Waals surface area contributed by atoms with Crippen molar-refractivity contribution < 1.29 is 14.3 Å². The van der Waals surface area contributed by atoms with Gasteiger partial charge in [0, 0.05) is 29.3 Å². The summed E-state index contributed by atoms with van der Waals surface area (Å²) in [6, 6.07) is 14.3. The van der Waals surface area contributed by atoms with Gasteiger partial charge in [0.2, 0.25) is 0 Å². The lowest BCUT2D eigenvalue weighted by Gasteiger charge is -2.06. The predicted octanol–water partition coefficient (Wildman–Crippen LogP) is 2.27. The number of amides is 1. The average molecular weight is 337 g/mol. The summed E-state index contributed by atoms with van der Waals surface area (Å²) in [7, 11) is 0. The number of nitrogens with two attached hydrogens (primary N) is 1. The smallest absolute Gasteiger partial charge is 0.338 e. The summed E-state index contributed by atoms with van der Waals surface area (Å²) >= 11 is 0. The molecule has 0 atom stereocenters. The second kappa shape index (κ2) is 7.53. The van der Waals surface area contributed by atoms with Gasteiger partial charge in [-0.2, -0.15) is 0 Å². The van der Waals surface area contributed by atoms with Crippen molar-refractivity contribution in [2.24, 2.45) is 0 Å². The zero-order chi connectivity index (χ0) is 17.6. The van der Waals surface area contributed by atoms with E-state index in [0.717, 1.165) is 16.5 Å². The van der Waals surface area contributed by atoms with Gasteiger partial charge in [0.1, 0.15) is 0 Å². The summed E-state index contributed by atoms with van der Waals surface area (Å²) in [5.41, 5.74) is 8.69. The first-order valence-corrected chi connectivity index (χ1v) is 7.98. The minimum absolute atomic E-state index is 0.308. The highest BCUT2D eigenvalue weighted by molar-refractivity contribution is 5.91. The van der Waals surface area contributed by atoms with Gasteiger partial charge in [0.05, 0.1) is 5.56 Å². The molecule has 1 heterocycles. The van der Waals surface area contributed by atoms with Gasteiger partial charge in [-0.1, -0.05) is 18.2 Å². The van der Waals surface area contributed by atoms with Crippen molar-refractivity contribution >= 4 is 28.5 Å². The van der Waals surface area contributed by atoms with E-state index in [-0.39, 0.29) is 12.5 Å². The summed E-state index contributed by atoms with van der Waals surface area (Å²) < 4.78 is 4.99. The number of hydrogen-bond donors (Lipinski definition) is 3. The molecule has 0 aliphatic carbocycles. The number of hydrogen-bond acceptors (Lipinski definition) is 4. The van der Waals surface area contributed by atoms with E-state index in [2.05, 4.69) is 10.3 Å². The van der Waals surface area contributed by atoms with Gasteiger partial charge in [-0.05, 0) is 42.3 Å². The Labute approximate surface area is 145 Å². The number of aromatic amines is 1. The Morgan fingerprint density at radius 1 is 1.08 bits per heavy atom. The van der Waals surface area contributed by atoms with E-state index in [1.54, 1.807) is 24.3 Å². The number of anilines is 1. The highest BCUT2D eigenvalue weighted by Crippen LogP contribution is 2.17. The number of aromatic nitrogens is 1. The molecule has 1 aromatic heterocycles. The molecule has 0 bridgehead atoms. The summed E-state index contributed by atoms with van der Waals surface area (Å²) in [6.07, 6.45) is 2.64. The number of nitrogen functional groups attached to an aromatic ring is 1. The van der Waals surface area contributed by atoms with Crippen LogP contribution in [0, 0.1) is 0 Å². The number of para-hydroxylation sites is 1. The lowest BCUT2D eigenvalue weighted by molar-refractivity contribution is -0.124. The minimum atomic E-state index is -0.549. The SMILES string of the molecule is Nc1ccc(C(=O)OCC(=O)NCCc2c[nH]c3ccccc23)cc1. The van der Waals surface area contributed by atoms with Crippen LogP contribution < -0.4 is 11.1 Å². The van der Waals surface area contributed by atoms with Gasteiger partial charge in [-0.25, -0.2) is 4.79 Å². The molecule has 1 amide bonds. The second-order valence-electron chi connectivity index (χ2n) is 5.66. The zero-order valence-electron chi connectivity index (χ0n) is 13.6. The van der Waals surface area contributed by atoms with Crippen molar-refractivity contribution in [3.63, 3.8) is 0 Å². The maximum absolute atomic E-state index is 11.8. The molecule has 0 saturated heterocycles. The number of ether oxygens (including phenoxy) is 1. The number of benzene rings is 2. The zero-order valence-corrected chi connectivity index (χ0v) is 13.6. The number of carbonyl (C=O) groups is 2. The Morgan fingerprint density at radius 3 is 2.64 bits per heavy atom. The standard InChI is InChI=1S/C19H19N3O3/c20-15-7-5-13(6-8-15)19(24)25-12-18(23)21-10-9-14-11-22-17-4-2-1-3-16(14)17/h1-8,11,22H,9-10,12,20H2,(H,21,23). The first-order valence-electron chi connectivity index (χ1n) is 7.98. The van der Waals surface area contributed by atoms with Crippen molar-refractivity contribution in [3.05, 3.63) is 65.9 Å². The molecule has 2 aromatic carbocycles. The van der Waals surface area contributed by atoms with E-state index in [0.29, 0.717) is 24.2 Å². The van der Waals surface area contributed by atoms with E-state index in [4.69, 9.17) is 10.5 Å². The Kier molecular flexibility index (Phi) is 4.99. The number of fused-ring (bicyclic) bond motifs is 1. The monoisotopic (exact) mass is 337 g/mol. The van der Waals surface area contributed by atoms with Crippen LogP contribution in [0.5, 0.6) is 0 Å². The van der Waals surface area contributed by atoms with Gasteiger partial charge in [-0.15, -0.1) is 0 Å². The quantitative estimate of drug-likeness (QED) is 0.475. The summed E-state index contributed by atoms with van der Waals surface area (Å²) in [5.74, 6) is -0.879. The molecule has 3 aromatic rings. The van der Waals surface area contributed by atoms with Gasteiger partial charge >= 0.3 is 5.97 Å². The van der Waals surface area contributed by atoms with Gasteiger partial charge in [-0.3, -0.25) is 4.79 Å². The molecule has 6 heteroatoms. The van der Waals surface area contributed by atoms with E-state index in [9.17, 15) is 9.59 Å². The van der Waals surface area contributed by atoms with Crippen molar-refractivity contribution in [3.8, 4) is 0 Å².